The van der Waals surface area contributed by atoms with Crippen LogP contribution in [0.4, 0.5) is 0 Å². The molecule has 9 nitrogen and oxygen atoms in total. The molecule has 0 saturated heterocycles. The Hall–Kier alpha value is -2.69. The van der Waals surface area contributed by atoms with Crippen molar-refractivity contribution in [2.45, 2.75) is 6.54 Å². The molecule has 27 heavy (non-hydrogen) atoms. The summed E-state index contributed by atoms with van der Waals surface area (Å²) in [5.74, 6) is 0.637. The van der Waals surface area contributed by atoms with E-state index < -0.39 is 5.56 Å². The van der Waals surface area contributed by atoms with Crippen molar-refractivity contribution < 1.29 is 19.4 Å². The lowest BCUT2D eigenvalue weighted by Crippen LogP contribution is -2.33. The fourth-order valence-corrected chi connectivity index (χ4v) is 2.69. The highest BCUT2D eigenvalue weighted by atomic mass is 32.1. The summed E-state index contributed by atoms with van der Waals surface area (Å²) in [5.41, 5.74) is 5.93. The zero-order valence-corrected chi connectivity index (χ0v) is 15.7. The van der Waals surface area contributed by atoms with E-state index in [0.29, 0.717) is 35.8 Å². The lowest BCUT2D eigenvalue weighted by molar-refractivity contribution is -0.121. The van der Waals surface area contributed by atoms with Crippen molar-refractivity contribution in [3.63, 3.8) is 0 Å². The number of hydrogen-bond donors (Lipinski definition) is 4. The van der Waals surface area contributed by atoms with Gasteiger partial charge in [-0.05, 0) is 24.4 Å². The van der Waals surface area contributed by atoms with Gasteiger partial charge in [-0.1, -0.05) is 0 Å². The number of aromatic nitrogens is 2. The topological polar surface area (TPSA) is 132 Å². The standard InChI is InChI=1S/C17H22N4O5S/c1-25-11-2-3-12(14(8-11)26-7-6-22)13-9-15(23)20-17(27)21(13)10-16(24)19-5-4-18/h2-3,8-9,22H,4-7,10,18H2,1H3,(H,19,24)(H,20,23,27). The number of aromatic amines is 1. The quantitative estimate of drug-likeness (QED) is 0.441. The normalized spacial score (nSPS) is 10.5. The van der Waals surface area contributed by atoms with Crippen LogP contribution >= 0.6 is 12.2 Å². The van der Waals surface area contributed by atoms with Gasteiger partial charge in [0.05, 0.1) is 19.4 Å². The minimum atomic E-state index is -0.405. The van der Waals surface area contributed by atoms with Crippen molar-refractivity contribution in [3.8, 4) is 22.8 Å². The highest BCUT2D eigenvalue weighted by Crippen LogP contribution is 2.33. The van der Waals surface area contributed by atoms with Crippen LogP contribution in [-0.2, 0) is 11.3 Å². The molecule has 1 amide bonds. The molecule has 1 aromatic carbocycles. The Morgan fingerprint density at radius 3 is 2.85 bits per heavy atom. The molecule has 2 aromatic rings. The minimum Gasteiger partial charge on any atom is -0.497 e. The third kappa shape index (κ3) is 5.39. The summed E-state index contributed by atoms with van der Waals surface area (Å²) in [7, 11) is 1.52. The number of carbonyl (C=O) groups is 1. The SMILES string of the molecule is COc1ccc(-c2cc(=O)[nH]c(=S)n2CC(=O)NCCN)c(OCCO)c1. The van der Waals surface area contributed by atoms with E-state index in [1.54, 1.807) is 18.2 Å². The Labute approximate surface area is 160 Å². The van der Waals surface area contributed by atoms with E-state index in [1.807, 2.05) is 0 Å². The summed E-state index contributed by atoms with van der Waals surface area (Å²) in [6, 6.07) is 6.36. The number of carbonyl (C=O) groups excluding carboxylic acids is 1. The number of nitrogens with two attached hydrogens (primary N) is 1. The van der Waals surface area contributed by atoms with Gasteiger partial charge in [0.1, 0.15) is 24.7 Å². The number of H-pyrrole nitrogens is 1. The first-order valence-electron chi connectivity index (χ1n) is 8.23. The van der Waals surface area contributed by atoms with Crippen molar-refractivity contribution >= 4 is 18.1 Å². The van der Waals surface area contributed by atoms with E-state index in [4.69, 9.17) is 32.5 Å². The van der Waals surface area contributed by atoms with Crippen LogP contribution in [0.25, 0.3) is 11.3 Å². The lowest BCUT2D eigenvalue weighted by atomic mass is 10.1. The number of benzene rings is 1. The van der Waals surface area contributed by atoms with E-state index in [2.05, 4.69) is 10.3 Å². The molecule has 146 valence electrons. The summed E-state index contributed by atoms with van der Waals surface area (Å²) in [4.78, 5) is 26.6. The molecule has 0 aliphatic heterocycles. The first-order valence-corrected chi connectivity index (χ1v) is 8.64. The highest BCUT2D eigenvalue weighted by molar-refractivity contribution is 7.71. The summed E-state index contributed by atoms with van der Waals surface area (Å²) >= 11 is 5.23. The Morgan fingerprint density at radius 2 is 2.19 bits per heavy atom. The molecule has 1 heterocycles. The van der Waals surface area contributed by atoms with Crippen molar-refractivity contribution in [3.05, 3.63) is 39.4 Å². The molecule has 0 aliphatic carbocycles. The number of rotatable bonds is 9. The molecule has 10 heteroatoms. The van der Waals surface area contributed by atoms with Crippen LogP contribution in [-0.4, -0.2) is 54.0 Å². The predicted octanol–water partition coefficient (Wildman–Crippen LogP) is 0.0275. The Balaban J connectivity index is 2.55. The smallest absolute Gasteiger partial charge is 0.252 e. The van der Waals surface area contributed by atoms with Crippen LogP contribution in [0.15, 0.2) is 29.1 Å². The summed E-state index contributed by atoms with van der Waals surface area (Å²) in [5, 5.41) is 11.7. The van der Waals surface area contributed by atoms with Crippen LogP contribution in [0, 0.1) is 4.77 Å². The van der Waals surface area contributed by atoms with Crippen molar-refractivity contribution in [2.24, 2.45) is 5.73 Å². The fraction of sp³-hybridized carbons (Fsp3) is 0.353. The molecule has 0 spiro atoms. The average Bonchev–Trinajstić information content (AvgIpc) is 2.66. The van der Waals surface area contributed by atoms with Crippen LogP contribution in [0.2, 0.25) is 0 Å². The van der Waals surface area contributed by atoms with Gasteiger partial charge < -0.3 is 30.2 Å². The summed E-state index contributed by atoms with van der Waals surface area (Å²) < 4.78 is 12.4. The number of nitrogens with one attached hydrogen (secondary N) is 2. The lowest BCUT2D eigenvalue weighted by Gasteiger charge is -2.17. The molecule has 0 bridgehead atoms. The maximum Gasteiger partial charge on any atom is 0.252 e. The van der Waals surface area contributed by atoms with E-state index in [0.717, 1.165) is 0 Å². The van der Waals surface area contributed by atoms with Gasteiger partial charge in [0.25, 0.3) is 5.56 Å². The molecular formula is C17H22N4O5S. The molecule has 0 saturated carbocycles. The fourth-order valence-electron chi connectivity index (χ4n) is 2.43. The predicted molar refractivity (Wildman–Crippen MR) is 103 cm³/mol. The monoisotopic (exact) mass is 394 g/mol. The molecule has 0 atom stereocenters. The molecular weight excluding hydrogens is 372 g/mol. The number of amides is 1. The molecule has 0 fully saturated rings. The Morgan fingerprint density at radius 1 is 1.41 bits per heavy atom. The molecule has 5 N–H and O–H groups in total. The van der Waals surface area contributed by atoms with Crippen LogP contribution < -0.4 is 26.1 Å². The second-order valence-electron chi connectivity index (χ2n) is 5.48. The van der Waals surface area contributed by atoms with Gasteiger partial charge in [-0.3, -0.25) is 14.6 Å². The van der Waals surface area contributed by atoms with Crippen molar-refractivity contribution in [1.29, 1.82) is 0 Å². The Kier molecular flexibility index (Phi) is 7.53. The zero-order chi connectivity index (χ0) is 19.8. The molecule has 0 unspecified atom stereocenters. The average molecular weight is 394 g/mol. The maximum atomic E-state index is 12.1. The summed E-state index contributed by atoms with van der Waals surface area (Å²) in [6.45, 7) is 0.419. The third-order valence-electron chi connectivity index (χ3n) is 3.62. The van der Waals surface area contributed by atoms with Crippen LogP contribution in [0.3, 0.4) is 0 Å². The van der Waals surface area contributed by atoms with E-state index in [-0.39, 0.29) is 30.4 Å². The molecule has 2 rings (SSSR count). The minimum absolute atomic E-state index is 0.0566. The van der Waals surface area contributed by atoms with Gasteiger partial charge in [0.2, 0.25) is 5.91 Å². The highest BCUT2D eigenvalue weighted by Gasteiger charge is 2.15. The first kappa shape index (κ1) is 20.6. The molecule has 1 aromatic heterocycles. The molecule has 0 aliphatic rings. The van der Waals surface area contributed by atoms with Gasteiger partial charge in [0.15, 0.2) is 4.77 Å². The van der Waals surface area contributed by atoms with E-state index in [1.165, 1.54) is 17.7 Å². The first-order chi connectivity index (χ1) is 13.0. The molecule has 0 radical (unpaired) electrons. The van der Waals surface area contributed by atoms with Crippen molar-refractivity contribution in [1.82, 2.24) is 14.9 Å². The zero-order valence-electron chi connectivity index (χ0n) is 14.9. The second kappa shape index (κ2) is 9.86. The number of ether oxygens (including phenoxy) is 2. The van der Waals surface area contributed by atoms with Crippen LogP contribution in [0.1, 0.15) is 0 Å². The van der Waals surface area contributed by atoms with Gasteiger partial charge in [-0.15, -0.1) is 0 Å². The third-order valence-corrected chi connectivity index (χ3v) is 3.94. The Bertz CT molecular complexity index is 909. The number of aliphatic hydroxyl groups is 1. The van der Waals surface area contributed by atoms with Crippen LogP contribution in [0.5, 0.6) is 11.5 Å². The number of nitrogens with zero attached hydrogens (tertiary/aromatic N) is 1. The largest absolute Gasteiger partial charge is 0.497 e. The van der Waals surface area contributed by atoms with Gasteiger partial charge in [-0.2, -0.15) is 0 Å². The van der Waals surface area contributed by atoms with Gasteiger partial charge >= 0.3 is 0 Å². The van der Waals surface area contributed by atoms with E-state index >= 15 is 0 Å². The summed E-state index contributed by atoms with van der Waals surface area (Å²) in [6.07, 6.45) is 0. The maximum absolute atomic E-state index is 12.1. The second-order valence-corrected chi connectivity index (χ2v) is 5.87. The number of methoxy groups -OCH3 is 1. The van der Waals surface area contributed by atoms with Gasteiger partial charge in [0, 0.05) is 30.8 Å². The number of aliphatic hydroxyl groups excluding tert-OH is 1. The van der Waals surface area contributed by atoms with Gasteiger partial charge in [-0.25, -0.2) is 0 Å². The number of hydrogen-bond acceptors (Lipinski definition) is 7. The van der Waals surface area contributed by atoms with Crippen molar-refractivity contribution in [2.75, 3.05) is 33.4 Å². The van der Waals surface area contributed by atoms with E-state index in [9.17, 15) is 9.59 Å².